The third-order valence-corrected chi connectivity index (χ3v) is 5.23. The number of nitrogens with one attached hydrogen (secondary N) is 1. The van der Waals surface area contributed by atoms with E-state index in [0.29, 0.717) is 24.3 Å². The molecular weight excluding hydrogens is 491 g/mol. The second kappa shape index (κ2) is 9.29. The quantitative estimate of drug-likeness (QED) is 0.325. The lowest BCUT2D eigenvalue weighted by molar-refractivity contribution is -0.138. The summed E-state index contributed by atoms with van der Waals surface area (Å²) in [5.74, 6) is -2.45. The van der Waals surface area contributed by atoms with Gasteiger partial charge in [0.15, 0.2) is 12.3 Å². The lowest BCUT2D eigenvalue weighted by Crippen LogP contribution is -2.44. The molecule has 2 unspecified atom stereocenters. The van der Waals surface area contributed by atoms with E-state index in [1.165, 1.54) is 0 Å². The summed E-state index contributed by atoms with van der Waals surface area (Å²) in [6.45, 7) is 0. The van der Waals surface area contributed by atoms with Crippen LogP contribution in [0.1, 0.15) is 38.3 Å². The third-order valence-electron chi connectivity index (χ3n) is 5.23. The van der Waals surface area contributed by atoms with Gasteiger partial charge in [0.2, 0.25) is 0 Å². The Hall–Kier alpha value is -3.48. The van der Waals surface area contributed by atoms with E-state index in [9.17, 15) is 45.4 Å². The first-order valence-electron chi connectivity index (χ1n) is 9.80. The van der Waals surface area contributed by atoms with Crippen LogP contribution in [0.5, 0.6) is 0 Å². The average molecular weight is 507 g/mol. The number of hydrogen-bond donors (Lipinski definition) is 2. The van der Waals surface area contributed by atoms with Crippen LogP contribution in [0.25, 0.3) is 0 Å². The molecule has 188 valence electrons. The normalized spacial score (nSPS) is 21.5. The van der Waals surface area contributed by atoms with Crippen molar-refractivity contribution >= 4 is 18.2 Å². The first-order valence-corrected chi connectivity index (χ1v) is 9.80. The standard InChI is InChI=1S/C22H16F7NO5/c23-15(10-30)17(35-19(32)12-3-7-14(8-4-12)22(27,28)29)20(33)9-16(20)34-18(31)11-1-5-13(6-2-11)21(24,25)26/h1-8,10,15-17,30,33H,9H2/t15-,16?,17+,20?/m1/s1. The Morgan fingerprint density at radius 2 is 1.34 bits per heavy atom. The Morgan fingerprint density at radius 1 is 0.914 bits per heavy atom. The monoisotopic (exact) mass is 507 g/mol. The van der Waals surface area contributed by atoms with E-state index in [1.54, 1.807) is 0 Å². The number of hydrogen-bond acceptors (Lipinski definition) is 6. The molecule has 0 bridgehead atoms. The number of esters is 2. The van der Waals surface area contributed by atoms with Crippen LogP contribution < -0.4 is 0 Å². The Balaban J connectivity index is 1.70. The first kappa shape index (κ1) is 26.1. The van der Waals surface area contributed by atoms with Crippen molar-refractivity contribution in [2.75, 3.05) is 0 Å². The van der Waals surface area contributed by atoms with E-state index in [-0.39, 0.29) is 11.8 Å². The molecule has 0 spiro atoms. The maximum absolute atomic E-state index is 14.3. The fraction of sp³-hybridized carbons (Fsp3) is 0.318. The van der Waals surface area contributed by atoms with Gasteiger partial charge in [-0.15, -0.1) is 0 Å². The van der Waals surface area contributed by atoms with Crippen LogP contribution in [0.2, 0.25) is 0 Å². The van der Waals surface area contributed by atoms with E-state index in [4.69, 9.17) is 14.9 Å². The molecule has 0 radical (unpaired) electrons. The number of halogens is 7. The minimum atomic E-state index is -4.66. The summed E-state index contributed by atoms with van der Waals surface area (Å²) in [7, 11) is 0. The molecule has 1 aliphatic rings. The zero-order chi connectivity index (χ0) is 26.2. The maximum Gasteiger partial charge on any atom is 0.416 e. The van der Waals surface area contributed by atoms with Crippen molar-refractivity contribution < 1.29 is 54.9 Å². The van der Waals surface area contributed by atoms with Gasteiger partial charge >= 0.3 is 24.3 Å². The number of ether oxygens (including phenoxy) is 2. The molecule has 4 atom stereocenters. The van der Waals surface area contributed by atoms with Crippen LogP contribution in [0.3, 0.4) is 0 Å². The predicted molar refractivity (Wildman–Crippen MR) is 105 cm³/mol. The van der Waals surface area contributed by atoms with Gasteiger partial charge in [0.05, 0.1) is 22.3 Å². The Labute approximate surface area is 192 Å². The molecule has 1 saturated carbocycles. The fourth-order valence-corrected chi connectivity index (χ4v) is 3.18. The van der Waals surface area contributed by atoms with Crippen molar-refractivity contribution in [1.29, 1.82) is 5.41 Å². The molecular formula is C22H16F7NO5. The molecule has 13 heteroatoms. The zero-order valence-electron chi connectivity index (χ0n) is 17.4. The zero-order valence-corrected chi connectivity index (χ0v) is 17.4. The highest BCUT2D eigenvalue weighted by atomic mass is 19.4. The van der Waals surface area contributed by atoms with E-state index < -0.39 is 71.4 Å². The summed E-state index contributed by atoms with van der Waals surface area (Å²) in [6, 6.07) is 5.69. The Bertz CT molecular complexity index is 1100. The molecule has 2 aromatic carbocycles. The molecule has 1 fully saturated rings. The van der Waals surface area contributed by atoms with Crippen LogP contribution >= 0.6 is 0 Å². The molecule has 0 saturated heterocycles. The highest BCUT2D eigenvalue weighted by Crippen LogP contribution is 2.45. The maximum atomic E-state index is 14.3. The van der Waals surface area contributed by atoms with Crippen LogP contribution in [0, 0.1) is 5.41 Å². The van der Waals surface area contributed by atoms with E-state index in [2.05, 4.69) is 0 Å². The van der Waals surface area contributed by atoms with Gasteiger partial charge in [0.1, 0.15) is 11.7 Å². The van der Waals surface area contributed by atoms with Crippen molar-refractivity contribution in [2.24, 2.45) is 0 Å². The number of carbonyl (C=O) groups excluding carboxylic acids is 2. The summed E-state index contributed by atoms with van der Waals surface area (Å²) in [5.41, 5.74) is -5.04. The fourth-order valence-electron chi connectivity index (χ4n) is 3.18. The average Bonchev–Trinajstić information content (AvgIpc) is 3.45. The van der Waals surface area contributed by atoms with Gasteiger partial charge < -0.3 is 20.0 Å². The summed E-state index contributed by atoms with van der Waals surface area (Å²) < 4.78 is 100. The molecule has 1 aliphatic carbocycles. The van der Waals surface area contributed by atoms with Gasteiger partial charge in [-0.05, 0) is 48.5 Å². The van der Waals surface area contributed by atoms with Gasteiger partial charge in [0, 0.05) is 12.6 Å². The highest BCUT2D eigenvalue weighted by Gasteiger charge is 2.65. The number of benzene rings is 2. The molecule has 3 rings (SSSR count). The largest absolute Gasteiger partial charge is 0.455 e. The van der Waals surface area contributed by atoms with Crippen molar-refractivity contribution in [2.45, 2.75) is 42.8 Å². The topological polar surface area (TPSA) is 96.7 Å². The van der Waals surface area contributed by atoms with Crippen molar-refractivity contribution in [3.05, 3.63) is 70.8 Å². The van der Waals surface area contributed by atoms with Crippen LogP contribution in [-0.2, 0) is 21.8 Å². The molecule has 6 nitrogen and oxygen atoms in total. The summed E-state index contributed by atoms with van der Waals surface area (Å²) >= 11 is 0. The second-order valence-corrected chi connectivity index (χ2v) is 7.68. The minimum absolute atomic E-state index is 0.204. The predicted octanol–water partition coefficient (Wildman–Crippen LogP) is 4.60. The van der Waals surface area contributed by atoms with E-state index in [1.807, 2.05) is 0 Å². The molecule has 0 amide bonds. The van der Waals surface area contributed by atoms with Crippen LogP contribution in [0.15, 0.2) is 48.5 Å². The van der Waals surface area contributed by atoms with Gasteiger partial charge in [0.25, 0.3) is 0 Å². The molecule has 35 heavy (non-hydrogen) atoms. The summed E-state index contributed by atoms with van der Waals surface area (Å²) in [6.07, 6.45) is -15.4. The molecule has 2 N–H and O–H groups in total. The number of carbonyl (C=O) groups is 2. The highest BCUT2D eigenvalue weighted by molar-refractivity contribution is 5.90. The molecule has 0 heterocycles. The summed E-state index contributed by atoms with van der Waals surface area (Å²) in [5, 5.41) is 17.7. The SMILES string of the molecule is N=C[C@@H](F)[C@H](OC(=O)c1ccc(C(F)(F)F)cc1)C1(O)CC1OC(=O)c1ccc(C(F)(F)F)cc1. The van der Waals surface area contributed by atoms with Crippen LogP contribution in [0.4, 0.5) is 30.7 Å². The van der Waals surface area contributed by atoms with Gasteiger partial charge in [-0.3, -0.25) is 0 Å². The Morgan fingerprint density at radius 3 is 1.74 bits per heavy atom. The number of alkyl halides is 7. The number of aliphatic hydroxyl groups is 1. The summed E-state index contributed by atoms with van der Waals surface area (Å²) in [4.78, 5) is 24.5. The second-order valence-electron chi connectivity index (χ2n) is 7.68. The third kappa shape index (κ3) is 5.78. The van der Waals surface area contributed by atoms with Gasteiger partial charge in [-0.1, -0.05) is 0 Å². The number of rotatable bonds is 7. The van der Waals surface area contributed by atoms with Crippen molar-refractivity contribution in [1.82, 2.24) is 0 Å². The van der Waals surface area contributed by atoms with Crippen molar-refractivity contribution in [3.63, 3.8) is 0 Å². The molecule has 0 aliphatic heterocycles. The Kier molecular flexibility index (Phi) is 6.93. The lowest BCUT2D eigenvalue weighted by Gasteiger charge is -2.25. The lowest BCUT2D eigenvalue weighted by atomic mass is 10.1. The minimum Gasteiger partial charge on any atom is -0.455 e. The van der Waals surface area contributed by atoms with Gasteiger partial charge in [-0.2, -0.15) is 26.3 Å². The van der Waals surface area contributed by atoms with Gasteiger partial charge in [-0.25, -0.2) is 14.0 Å². The first-order chi connectivity index (χ1) is 16.2. The van der Waals surface area contributed by atoms with Crippen molar-refractivity contribution in [3.8, 4) is 0 Å². The van der Waals surface area contributed by atoms with E-state index >= 15 is 0 Å². The smallest absolute Gasteiger partial charge is 0.416 e. The molecule has 2 aromatic rings. The van der Waals surface area contributed by atoms with Crippen LogP contribution in [-0.4, -0.2) is 47.2 Å². The van der Waals surface area contributed by atoms with E-state index in [0.717, 1.165) is 24.3 Å². The molecule has 0 aromatic heterocycles.